The number of hydrogen-bond acceptors (Lipinski definition) is 2. The molecule has 4 aromatic heterocycles. The number of nitrogens with zero attached hydrogens (tertiary/aromatic N) is 5. The van der Waals surface area contributed by atoms with Gasteiger partial charge in [-0.3, -0.25) is 4.98 Å². The van der Waals surface area contributed by atoms with Gasteiger partial charge in [-0.15, -0.1) is 0 Å². The van der Waals surface area contributed by atoms with E-state index in [-0.39, 0.29) is 5.92 Å². The smallest absolute Gasteiger partial charge is 0.104 e. The lowest BCUT2D eigenvalue weighted by molar-refractivity contribution is 0.925. The van der Waals surface area contributed by atoms with Gasteiger partial charge in [0, 0.05) is 44.1 Å². The molecule has 8 aromatic carbocycles. The summed E-state index contributed by atoms with van der Waals surface area (Å²) in [4.78, 5) is 5.80. The second-order valence-electron chi connectivity index (χ2n) is 34.4. The van der Waals surface area contributed by atoms with Gasteiger partial charge in [0.1, 0.15) is 11.6 Å². The molecule has 4 heterocycles. The van der Waals surface area contributed by atoms with Crippen LogP contribution in [0.25, 0.3) is 93.6 Å². The molecule has 13 rings (SSSR count). The topological polar surface area (TPSA) is 51.5 Å². The number of hydrogen-bond donors (Lipinski definition) is 0. The van der Waals surface area contributed by atoms with E-state index in [1.54, 1.807) is 0 Å². The van der Waals surface area contributed by atoms with Crippen LogP contribution < -0.4 is 41.5 Å². The van der Waals surface area contributed by atoms with E-state index in [4.69, 9.17) is 4.98 Å². The number of fused-ring (bicyclic) bond motifs is 12. The standard InChI is InChI=1S/C78H95N5Si8/c1-84(2)49-24-32-70-59(38-49)60-40-53(88(12,13)14)28-35-71(60)82(70)77-66(75-57-31-25-50(85(3,4)5)39-58(57)65-45-56(91(21,22)23)48-80-76(65)75)46-74(81-68-33-26-51(86(6,7)8)41-61(68)62-42-52(87(9,10)11)27-34-69(62)81)78(67(77)47-79)83-72-36-29-54(89(15,16)17)43-63(72)64-44-55(90(18,19)20)30-37-73(64)83/h24-46,48,75,84H,1-23H3. The van der Waals surface area contributed by atoms with E-state index in [0.29, 0.717) is 5.56 Å². The lowest BCUT2D eigenvalue weighted by Gasteiger charge is -2.27. The summed E-state index contributed by atoms with van der Waals surface area (Å²) in [5.74, 6) is -0.316. The molecular formula is C78H95N5Si8. The highest BCUT2D eigenvalue weighted by atomic mass is 28.3. The molecular weight excluding hydrogens is 1230 g/mol. The van der Waals surface area contributed by atoms with Crippen LogP contribution in [0.3, 0.4) is 0 Å². The molecule has 464 valence electrons. The van der Waals surface area contributed by atoms with Crippen molar-refractivity contribution in [2.75, 3.05) is 0 Å². The molecule has 91 heavy (non-hydrogen) atoms. The third-order valence-corrected chi connectivity index (χ3v) is 36.2. The van der Waals surface area contributed by atoms with Crippen molar-refractivity contribution in [3.05, 3.63) is 168 Å². The maximum Gasteiger partial charge on any atom is 0.104 e. The first kappa shape index (κ1) is 63.3. The summed E-state index contributed by atoms with van der Waals surface area (Å²) in [6, 6.07) is 60.1. The molecule has 12 aromatic rings. The Morgan fingerprint density at radius 3 is 1.05 bits per heavy atom. The molecule has 1 aliphatic rings. The molecule has 0 saturated heterocycles. The summed E-state index contributed by atoms with van der Waals surface area (Å²) >= 11 is 0. The van der Waals surface area contributed by atoms with E-state index in [2.05, 4.69) is 316 Å². The molecule has 1 atom stereocenters. The molecule has 0 bridgehead atoms. The van der Waals surface area contributed by atoms with Gasteiger partial charge in [-0.05, 0) is 64.3 Å². The van der Waals surface area contributed by atoms with Crippen molar-refractivity contribution < 1.29 is 0 Å². The molecule has 0 spiro atoms. The molecule has 0 fully saturated rings. The fourth-order valence-electron chi connectivity index (χ4n) is 14.5. The number of aromatic nitrogens is 4. The lowest BCUT2D eigenvalue weighted by Crippen LogP contribution is -2.38. The van der Waals surface area contributed by atoms with Gasteiger partial charge in [-0.1, -0.05) is 284 Å². The number of rotatable bonds is 12. The predicted octanol–water partition coefficient (Wildman–Crippen LogP) is 16.9. The van der Waals surface area contributed by atoms with Gasteiger partial charge < -0.3 is 13.7 Å². The van der Waals surface area contributed by atoms with Gasteiger partial charge in [0.2, 0.25) is 0 Å². The van der Waals surface area contributed by atoms with Crippen molar-refractivity contribution >= 4 is 172 Å². The maximum atomic E-state index is 13.3. The summed E-state index contributed by atoms with van der Waals surface area (Å²) in [7, 11) is -13.9. The molecule has 13 heteroatoms. The summed E-state index contributed by atoms with van der Waals surface area (Å²) in [5, 5.41) is 32.3. The first-order valence-electron chi connectivity index (χ1n) is 33.4. The second-order valence-corrected chi connectivity index (χ2v) is 72.9. The Labute approximate surface area is 550 Å². The average Bonchev–Trinajstić information content (AvgIpc) is 1.58. The Morgan fingerprint density at radius 1 is 0.352 bits per heavy atom. The van der Waals surface area contributed by atoms with E-state index in [0.717, 1.165) is 61.4 Å². The second kappa shape index (κ2) is 21.3. The fraction of sp³-hybridized carbons (Fsp3) is 0.308. The highest BCUT2D eigenvalue weighted by molar-refractivity contribution is 6.91. The molecule has 0 N–H and O–H groups in total. The van der Waals surface area contributed by atoms with E-state index < -0.39 is 65.3 Å². The first-order valence-corrected chi connectivity index (χ1v) is 60.8. The lowest BCUT2D eigenvalue weighted by atomic mass is 9.87. The third-order valence-electron chi connectivity index (χ3n) is 20.3. The minimum Gasteiger partial charge on any atom is -0.308 e. The Hall–Kier alpha value is -6.46. The van der Waals surface area contributed by atoms with Crippen molar-refractivity contribution in [3.8, 4) is 34.3 Å². The molecule has 0 amide bonds. The molecule has 1 unspecified atom stereocenters. The monoisotopic (exact) mass is 1330 g/mol. The van der Waals surface area contributed by atoms with Crippen LogP contribution in [0.1, 0.15) is 28.3 Å². The molecule has 0 radical (unpaired) electrons. The average molecular weight is 1330 g/mol. The summed E-state index contributed by atoms with van der Waals surface area (Å²) < 4.78 is 7.70. The quantitative estimate of drug-likeness (QED) is 0.114. The fourth-order valence-corrected chi connectivity index (χ4v) is 23.4. The van der Waals surface area contributed by atoms with Crippen molar-refractivity contribution in [1.82, 2.24) is 18.7 Å². The van der Waals surface area contributed by atoms with Crippen LogP contribution in [0.5, 0.6) is 0 Å². The SMILES string of the molecule is C[SiH](C)c1ccc2c(c1)c1cc([Si](C)(C)C)ccc1n2-c1c(C2c3ccc([Si](C)(C)C)cc3-c3cc([Si](C)(C)C)cnc32)cc(-n2c3ccc([Si](C)(C)C)cc3c3cc([Si](C)(C)C)ccc32)c(-n2c3ccc([Si](C)(C)C)cc3c3cc([Si](C)(C)C)ccc32)c1C#N. The van der Waals surface area contributed by atoms with Crippen molar-refractivity contribution in [1.29, 1.82) is 5.26 Å². The van der Waals surface area contributed by atoms with Gasteiger partial charge in [-0.25, -0.2) is 0 Å². The van der Waals surface area contributed by atoms with Gasteiger partial charge in [0.25, 0.3) is 0 Å². The van der Waals surface area contributed by atoms with E-state index in [1.807, 2.05) is 0 Å². The zero-order valence-corrected chi connectivity index (χ0v) is 66.9. The van der Waals surface area contributed by atoms with Crippen LogP contribution in [0.4, 0.5) is 0 Å². The minimum absolute atomic E-state index is 0.316. The molecule has 0 saturated carbocycles. The van der Waals surface area contributed by atoms with Crippen molar-refractivity contribution in [2.24, 2.45) is 0 Å². The van der Waals surface area contributed by atoms with Gasteiger partial charge in [0.15, 0.2) is 0 Å². The third kappa shape index (κ3) is 10.5. The Bertz CT molecular complexity index is 4890. The highest BCUT2D eigenvalue weighted by Crippen LogP contribution is 2.52. The first-order chi connectivity index (χ1) is 42.3. The van der Waals surface area contributed by atoms with E-state index in [1.165, 1.54) is 90.5 Å². The van der Waals surface area contributed by atoms with E-state index >= 15 is 0 Å². The number of nitriles is 1. The zero-order valence-electron chi connectivity index (χ0n) is 58.7. The molecule has 0 aliphatic heterocycles. The summed E-state index contributed by atoms with van der Waals surface area (Å²) in [6.07, 6.45) is 2.22. The van der Waals surface area contributed by atoms with E-state index in [9.17, 15) is 5.26 Å². The van der Waals surface area contributed by atoms with Gasteiger partial charge >= 0.3 is 0 Å². The van der Waals surface area contributed by atoms with Gasteiger partial charge in [0.05, 0.1) is 127 Å². The number of benzene rings is 8. The number of pyridine rings is 1. The predicted molar refractivity (Wildman–Crippen MR) is 424 cm³/mol. The van der Waals surface area contributed by atoms with Crippen LogP contribution in [0.2, 0.25) is 151 Å². The van der Waals surface area contributed by atoms with Crippen LogP contribution in [0, 0.1) is 11.3 Å². The maximum absolute atomic E-state index is 13.3. The molecule has 1 aliphatic carbocycles. The minimum atomic E-state index is -1.84. The Morgan fingerprint density at radius 2 is 0.681 bits per heavy atom. The van der Waals surface area contributed by atoms with Crippen molar-refractivity contribution in [2.45, 2.75) is 156 Å². The molecule has 5 nitrogen and oxygen atoms in total. The van der Waals surface area contributed by atoms with Crippen LogP contribution in [0.15, 0.2) is 146 Å². The van der Waals surface area contributed by atoms with Crippen LogP contribution in [-0.2, 0) is 0 Å². The summed E-state index contributed by atoms with van der Waals surface area (Å²) in [6.45, 7) is 56.7. The summed E-state index contributed by atoms with van der Waals surface area (Å²) in [5.41, 5.74) is 16.2. The van der Waals surface area contributed by atoms with Crippen LogP contribution >= 0.6 is 0 Å². The normalized spacial score (nSPS) is 14.5. The Kier molecular flexibility index (Phi) is 14.8. The zero-order chi connectivity index (χ0) is 65.5. The van der Waals surface area contributed by atoms with Crippen molar-refractivity contribution in [3.63, 3.8) is 0 Å². The highest BCUT2D eigenvalue weighted by Gasteiger charge is 2.40. The van der Waals surface area contributed by atoms with Gasteiger partial charge in [-0.2, -0.15) is 5.26 Å². The Balaban J connectivity index is 1.32. The largest absolute Gasteiger partial charge is 0.308 e. The van der Waals surface area contributed by atoms with Crippen LogP contribution in [-0.4, -0.2) is 84.0 Å².